The lowest BCUT2D eigenvalue weighted by Crippen LogP contribution is -2.12. The predicted octanol–water partition coefficient (Wildman–Crippen LogP) is 4.98. The van der Waals surface area contributed by atoms with Gasteiger partial charge in [-0.1, -0.05) is 48.0 Å². The molecule has 3 nitrogen and oxygen atoms in total. The van der Waals surface area contributed by atoms with Crippen LogP contribution in [0, 0.1) is 5.82 Å². The monoisotopic (exact) mass is 371 g/mol. The maximum Gasteiger partial charge on any atom is 0.206 e. The Kier molecular flexibility index (Phi) is 5.58. The smallest absolute Gasteiger partial charge is 0.206 e. The van der Waals surface area contributed by atoms with Crippen LogP contribution in [0.4, 0.5) is 4.39 Å². The van der Waals surface area contributed by atoms with Gasteiger partial charge in [0.25, 0.3) is 0 Å². The molecule has 6 heteroatoms. The highest BCUT2D eigenvalue weighted by Crippen LogP contribution is 2.23. The van der Waals surface area contributed by atoms with Crippen molar-refractivity contribution in [2.24, 2.45) is 10.1 Å². The van der Waals surface area contributed by atoms with E-state index in [-0.39, 0.29) is 5.82 Å². The fourth-order valence-electron chi connectivity index (χ4n) is 2.21. The summed E-state index contributed by atoms with van der Waals surface area (Å²) in [6.07, 6.45) is 3.20. The Morgan fingerprint density at radius 2 is 2.04 bits per heavy atom. The molecular weight excluding hydrogens is 357 g/mol. The normalized spacial score (nSPS) is 12.0. The van der Waals surface area contributed by atoms with Gasteiger partial charge in [-0.15, -0.1) is 17.9 Å². The quantitative estimate of drug-likeness (QED) is 0.447. The summed E-state index contributed by atoms with van der Waals surface area (Å²) in [7, 11) is 0. The molecule has 2 aromatic carbocycles. The molecule has 0 bridgehead atoms. The maximum absolute atomic E-state index is 13.8. The van der Waals surface area contributed by atoms with Crippen LogP contribution in [0.3, 0.4) is 0 Å². The molecule has 0 fully saturated rings. The van der Waals surface area contributed by atoms with Gasteiger partial charge in [0.1, 0.15) is 5.82 Å². The van der Waals surface area contributed by atoms with Crippen LogP contribution in [0.15, 0.2) is 76.7 Å². The number of thiazole rings is 1. The molecule has 0 atom stereocenters. The Hall–Kier alpha value is -2.50. The zero-order chi connectivity index (χ0) is 17.6. The van der Waals surface area contributed by atoms with Gasteiger partial charge in [-0.3, -0.25) is 4.99 Å². The van der Waals surface area contributed by atoms with Crippen LogP contribution < -0.4 is 4.80 Å². The highest BCUT2D eigenvalue weighted by Gasteiger charge is 2.08. The van der Waals surface area contributed by atoms with Crippen LogP contribution in [0.25, 0.3) is 11.3 Å². The van der Waals surface area contributed by atoms with E-state index < -0.39 is 0 Å². The molecule has 1 aromatic heterocycles. The molecule has 0 unspecified atom stereocenters. The third-order valence-corrected chi connectivity index (χ3v) is 4.47. The van der Waals surface area contributed by atoms with E-state index in [2.05, 4.69) is 16.7 Å². The minimum absolute atomic E-state index is 0.323. The summed E-state index contributed by atoms with van der Waals surface area (Å²) < 4.78 is 15.5. The summed E-state index contributed by atoms with van der Waals surface area (Å²) in [5.41, 5.74) is 2.16. The van der Waals surface area contributed by atoms with Crippen LogP contribution >= 0.6 is 22.9 Å². The van der Waals surface area contributed by atoms with Crippen LogP contribution in [-0.2, 0) is 0 Å². The highest BCUT2D eigenvalue weighted by molar-refractivity contribution is 7.07. The van der Waals surface area contributed by atoms with Crippen LogP contribution in [0.1, 0.15) is 5.56 Å². The highest BCUT2D eigenvalue weighted by atomic mass is 35.5. The van der Waals surface area contributed by atoms with Gasteiger partial charge in [0, 0.05) is 21.5 Å². The number of nitrogens with zero attached hydrogens (tertiary/aromatic N) is 3. The van der Waals surface area contributed by atoms with Crippen molar-refractivity contribution in [1.29, 1.82) is 0 Å². The molecule has 0 saturated carbocycles. The van der Waals surface area contributed by atoms with Crippen molar-refractivity contribution in [3.63, 3.8) is 0 Å². The Bertz CT molecular complexity index is 988. The van der Waals surface area contributed by atoms with Gasteiger partial charge in [0.05, 0.1) is 18.5 Å². The summed E-state index contributed by atoms with van der Waals surface area (Å²) in [4.78, 5) is 5.15. The predicted molar refractivity (Wildman–Crippen MR) is 103 cm³/mol. The Balaban J connectivity index is 2.10. The Morgan fingerprint density at radius 3 is 2.80 bits per heavy atom. The molecule has 0 amide bonds. The Morgan fingerprint density at radius 1 is 1.20 bits per heavy atom. The molecular formula is C19H15ClFN3S. The van der Waals surface area contributed by atoms with Crippen molar-refractivity contribution in [2.75, 3.05) is 6.54 Å². The van der Waals surface area contributed by atoms with E-state index in [9.17, 15) is 4.39 Å². The first kappa shape index (κ1) is 17.3. The van der Waals surface area contributed by atoms with Gasteiger partial charge in [0.2, 0.25) is 4.80 Å². The zero-order valence-electron chi connectivity index (χ0n) is 13.3. The minimum Gasteiger partial charge on any atom is -0.253 e. The van der Waals surface area contributed by atoms with E-state index >= 15 is 0 Å². The third kappa shape index (κ3) is 4.13. The average molecular weight is 372 g/mol. The van der Waals surface area contributed by atoms with Crippen molar-refractivity contribution >= 4 is 29.2 Å². The van der Waals surface area contributed by atoms with Crippen molar-refractivity contribution < 1.29 is 4.39 Å². The lowest BCUT2D eigenvalue weighted by Gasteiger charge is -2.04. The van der Waals surface area contributed by atoms with Gasteiger partial charge in [0.15, 0.2) is 0 Å². The fourth-order valence-corrected chi connectivity index (χ4v) is 3.25. The minimum atomic E-state index is -0.323. The first-order chi connectivity index (χ1) is 12.2. The van der Waals surface area contributed by atoms with Crippen LogP contribution in [-0.4, -0.2) is 17.4 Å². The molecule has 3 aromatic rings. The SMILES string of the molecule is C=CCN=c1scc(-c2cccc(Cl)c2)n1N=Cc1ccccc1F. The molecule has 0 N–H and O–H groups in total. The standard InChI is InChI=1S/C19H15ClFN3S/c1-2-10-22-19-24(23-12-15-6-3-4-9-17(15)21)18(13-25-19)14-7-5-8-16(20)11-14/h2-9,11-13H,1,10H2. The van der Waals surface area contributed by atoms with Crippen molar-refractivity contribution in [3.8, 4) is 11.3 Å². The van der Waals surface area contributed by atoms with Crippen molar-refractivity contribution in [1.82, 2.24) is 4.68 Å². The Labute approximate surface area is 154 Å². The van der Waals surface area contributed by atoms with Gasteiger partial charge in [-0.25, -0.2) is 9.07 Å². The van der Waals surface area contributed by atoms with Gasteiger partial charge in [-0.05, 0) is 18.2 Å². The summed E-state index contributed by atoms with van der Waals surface area (Å²) in [6.45, 7) is 4.16. The molecule has 1 heterocycles. The first-order valence-electron chi connectivity index (χ1n) is 7.56. The second-order valence-corrected chi connectivity index (χ2v) is 6.39. The lowest BCUT2D eigenvalue weighted by atomic mass is 10.2. The molecule has 0 radical (unpaired) electrons. The van der Waals surface area contributed by atoms with Gasteiger partial charge in [-0.2, -0.15) is 5.10 Å². The zero-order valence-corrected chi connectivity index (χ0v) is 14.8. The average Bonchev–Trinajstić information content (AvgIpc) is 3.02. The first-order valence-corrected chi connectivity index (χ1v) is 8.81. The van der Waals surface area contributed by atoms with E-state index in [1.165, 1.54) is 23.6 Å². The molecule has 0 saturated heterocycles. The summed E-state index contributed by atoms with van der Waals surface area (Å²) >= 11 is 7.55. The number of benzene rings is 2. The lowest BCUT2D eigenvalue weighted by molar-refractivity contribution is 0.625. The molecule has 0 aliphatic heterocycles. The van der Waals surface area contributed by atoms with Crippen molar-refractivity contribution in [3.05, 3.63) is 87.8 Å². The van der Waals surface area contributed by atoms with Gasteiger partial charge >= 0.3 is 0 Å². The molecule has 0 aliphatic carbocycles. The number of hydrogen-bond donors (Lipinski definition) is 0. The maximum atomic E-state index is 13.8. The summed E-state index contributed by atoms with van der Waals surface area (Å²) in [6, 6.07) is 14.0. The second-order valence-electron chi connectivity index (χ2n) is 5.12. The second kappa shape index (κ2) is 8.05. The topological polar surface area (TPSA) is 29.6 Å². The molecule has 126 valence electrons. The molecule has 0 spiro atoms. The van der Waals surface area contributed by atoms with Gasteiger partial charge < -0.3 is 0 Å². The summed E-state index contributed by atoms with van der Waals surface area (Å²) in [5.74, 6) is -0.323. The summed E-state index contributed by atoms with van der Waals surface area (Å²) in [5, 5.41) is 7.03. The van der Waals surface area contributed by atoms with E-state index in [4.69, 9.17) is 11.6 Å². The fraction of sp³-hybridized carbons (Fsp3) is 0.0526. The number of halogens is 2. The molecule has 3 rings (SSSR count). The number of hydrogen-bond acceptors (Lipinski definition) is 3. The largest absolute Gasteiger partial charge is 0.253 e. The van der Waals surface area contributed by atoms with Crippen LogP contribution in [0.2, 0.25) is 5.02 Å². The number of aromatic nitrogens is 1. The molecule has 0 aliphatic rings. The number of rotatable bonds is 5. The van der Waals surface area contributed by atoms with E-state index in [1.807, 2.05) is 29.6 Å². The van der Waals surface area contributed by atoms with Crippen molar-refractivity contribution in [2.45, 2.75) is 0 Å². The van der Waals surface area contributed by atoms with Crippen LogP contribution in [0.5, 0.6) is 0 Å². The third-order valence-electron chi connectivity index (χ3n) is 3.38. The van der Waals surface area contributed by atoms with E-state index in [0.717, 1.165) is 11.3 Å². The molecule has 25 heavy (non-hydrogen) atoms. The van der Waals surface area contributed by atoms with E-state index in [1.54, 1.807) is 29.0 Å². The van der Waals surface area contributed by atoms with E-state index in [0.29, 0.717) is 21.9 Å².